The maximum absolute atomic E-state index is 8.80. The molecule has 0 radical (unpaired) electrons. The van der Waals surface area contributed by atoms with Crippen LogP contribution in [0.4, 0.5) is 0 Å². The van der Waals surface area contributed by atoms with Gasteiger partial charge >= 0.3 is 0 Å². The third-order valence-corrected chi connectivity index (χ3v) is 12.0. The molecule has 0 bridgehead atoms. The molecule has 0 amide bonds. The van der Waals surface area contributed by atoms with Crippen LogP contribution in [0.15, 0.2) is 0 Å². The predicted molar refractivity (Wildman–Crippen MR) is 206 cm³/mol. The van der Waals surface area contributed by atoms with E-state index in [1.807, 2.05) is 0 Å². The van der Waals surface area contributed by atoms with Crippen molar-refractivity contribution in [2.24, 2.45) is 0 Å². The Kier molecular flexibility index (Phi) is 38.3. The second-order valence-corrected chi connectivity index (χ2v) is 22.3. The van der Waals surface area contributed by atoms with Crippen LogP contribution in [-0.2, 0) is 0 Å². The fourth-order valence-corrected chi connectivity index (χ4v) is 8.34. The average molecular weight is 658 g/mol. The molecule has 0 aliphatic carbocycles. The van der Waals surface area contributed by atoms with Crippen LogP contribution in [0.5, 0.6) is 0 Å². The monoisotopic (exact) mass is 657 g/mol. The fraction of sp³-hybridized carbons (Fsp3) is 1.00. The Morgan fingerprint density at radius 2 is 0.409 bits per heavy atom. The first kappa shape index (κ1) is 44.5. The molecule has 0 aromatic rings. The molecular weight excluding hydrogens is 572 g/mol. The van der Waals surface area contributed by atoms with Crippen molar-refractivity contribution in [2.75, 3.05) is 6.61 Å². The van der Waals surface area contributed by atoms with Gasteiger partial charge in [-0.25, -0.2) is 0 Å². The van der Waals surface area contributed by atoms with E-state index < -0.39 is 7.38 Å². The second-order valence-electron chi connectivity index (χ2n) is 15.3. The van der Waals surface area contributed by atoms with E-state index in [-0.39, 0.29) is 0 Å². The van der Waals surface area contributed by atoms with Gasteiger partial charge in [-0.1, -0.05) is 244 Å². The van der Waals surface area contributed by atoms with Gasteiger partial charge in [0.15, 0.2) is 0 Å². The van der Waals surface area contributed by atoms with Crippen LogP contribution < -0.4 is 0 Å². The maximum atomic E-state index is 8.80. The molecule has 0 heterocycles. The molecule has 266 valence electrons. The molecule has 0 aromatic carbocycles. The number of aliphatic hydroxyl groups is 1. The summed E-state index contributed by atoms with van der Waals surface area (Å²) in [5, 5.41) is 8.80. The van der Waals surface area contributed by atoms with Gasteiger partial charge in [-0.05, 0) is 12.5 Å². The average Bonchev–Trinajstić information content (AvgIpc) is 3.00. The Morgan fingerprint density at radius 1 is 0.273 bits per heavy atom. The van der Waals surface area contributed by atoms with Crippen LogP contribution in [-0.4, -0.2) is 19.1 Å². The lowest BCUT2D eigenvalue weighted by Gasteiger charge is -2.11. The summed E-state index contributed by atoms with van der Waals surface area (Å²) in [6, 6.07) is 1.30. The van der Waals surface area contributed by atoms with Crippen LogP contribution in [0.1, 0.15) is 238 Å². The van der Waals surface area contributed by atoms with Crippen molar-refractivity contribution in [1.29, 1.82) is 0 Å². The first-order chi connectivity index (χ1) is 21.6. The Hall–Kier alpha value is 0.467. The first-order valence-corrected chi connectivity index (χ1v) is 25.1. The zero-order valence-electron chi connectivity index (χ0n) is 30.9. The van der Waals surface area contributed by atoms with Gasteiger partial charge in [-0.2, -0.15) is 11.1 Å². The molecule has 0 spiro atoms. The molecule has 3 heteroatoms. The van der Waals surface area contributed by atoms with Gasteiger partial charge in [0.05, 0.1) is 0 Å². The maximum Gasteiger partial charge on any atom is 0.150 e. The smallest absolute Gasteiger partial charge is 0.150 e. The summed E-state index contributed by atoms with van der Waals surface area (Å²) in [5.41, 5.74) is 0. The van der Waals surface area contributed by atoms with Crippen molar-refractivity contribution >= 4 is 18.5 Å². The van der Waals surface area contributed by atoms with E-state index in [1.165, 1.54) is 237 Å². The van der Waals surface area contributed by atoms with Crippen LogP contribution in [0.2, 0.25) is 19.1 Å². The minimum Gasteiger partial charge on any atom is -0.396 e. The van der Waals surface area contributed by atoms with Crippen molar-refractivity contribution in [3.63, 3.8) is 0 Å². The molecule has 0 unspecified atom stereocenters. The summed E-state index contributed by atoms with van der Waals surface area (Å²) in [5.74, 6) is 0. The van der Waals surface area contributed by atoms with Crippen LogP contribution in [0.25, 0.3) is 0 Å². The van der Waals surface area contributed by atoms with E-state index in [9.17, 15) is 0 Å². The van der Waals surface area contributed by atoms with Gasteiger partial charge in [0.25, 0.3) is 0 Å². The zero-order valence-corrected chi connectivity index (χ0v) is 32.7. The minimum atomic E-state index is -1.32. The summed E-state index contributed by atoms with van der Waals surface area (Å²) < 4.78 is 0. The Labute approximate surface area is 286 Å². The number of aliphatic hydroxyl groups excluding tert-OH is 1. The highest BCUT2D eigenvalue weighted by atomic mass is 35.6. The zero-order chi connectivity index (χ0) is 32.1. The molecule has 0 aliphatic heterocycles. The van der Waals surface area contributed by atoms with Crippen LogP contribution in [0, 0.1) is 0 Å². The fourth-order valence-electron chi connectivity index (χ4n) is 6.84. The summed E-state index contributed by atoms with van der Waals surface area (Å²) >= 11 is 6.40. The number of halogens is 1. The molecule has 1 nitrogen and oxygen atoms in total. The molecule has 0 fully saturated rings. The highest BCUT2D eigenvalue weighted by Crippen LogP contribution is 2.20. The van der Waals surface area contributed by atoms with E-state index in [1.54, 1.807) is 0 Å². The molecule has 0 atom stereocenters. The van der Waals surface area contributed by atoms with Gasteiger partial charge < -0.3 is 5.11 Å². The van der Waals surface area contributed by atoms with E-state index in [4.69, 9.17) is 16.2 Å². The molecule has 0 rings (SSSR count). The van der Waals surface area contributed by atoms with E-state index in [0.717, 1.165) is 6.42 Å². The normalized spacial score (nSPS) is 12.0. The second kappa shape index (κ2) is 37.9. The van der Waals surface area contributed by atoms with E-state index in [2.05, 4.69) is 13.1 Å². The lowest BCUT2D eigenvalue weighted by molar-refractivity contribution is 0.282. The van der Waals surface area contributed by atoms with Gasteiger partial charge in [0.2, 0.25) is 0 Å². The quantitative estimate of drug-likeness (QED) is 0.0396. The molecule has 0 saturated carbocycles. The molecule has 1 N–H and O–H groups in total. The Bertz CT molecular complexity index is 505. The molecule has 0 saturated heterocycles. The van der Waals surface area contributed by atoms with Gasteiger partial charge in [-0.3, -0.25) is 0 Å². The van der Waals surface area contributed by atoms with Crippen molar-refractivity contribution in [3.8, 4) is 0 Å². The third-order valence-electron chi connectivity index (χ3n) is 9.93. The van der Waals surface area contributed by atoms with Crippen molar-refractivity contribution in [1.82, 2.24) is 0 Å². The van der Waals surface area contributed by atoms with Gasteiger partial charge in [-0.15, -0.1) is 0 Å². The van der Waals surface area contributed by atoms with Crippen LogP contribution >= 0.6 is 11.1 Å². The highest BCUT2D eigenvalue weighted by Gasteiger charge is 2.15. The van der Waals surface area contributed by atoms with Crippen molar-refractivity contribution in [2.45, 2.75) is 257 Å². The third kappa shape index (κ3) is 42.5. The highest BCUT2D eigenvalue weighted by molar-refractivity contribution is 7.19. The number of hydrogen-bond acceptors (Lipinski definition) is 1. The molecule has 0 aromatic heterocycles. The summed E-state index contributed by atoms with van der Waals surface area (Å²) in [6.07, 6.45) is 53.2. The summed E-state index contributed by atoms with van der Waals surface area (Å²) in [7, 11) is -1.32. The standard InChI is InChI=1S/C41H85ClOSi/c1-44(2,42)41-39-37-35-33-31-29-27-25-23-21-19-17-15-13-11-9-7-5-3-4-6-8-10-12-14-16-18-20-22-24-26-28-30-32-34-36-38-40-43/h43H,3-41H2,1-2H3. The summed E-state index contributed by atoms with van der Waals surface area (Å²) in [4.78, 5) is 0. The predicted octanol–water partition coefficient (Wildman–Crippen LogP) is 15.9. The minimum absolute atomic E-state index is 0.373. The van der Waals surface area contributed by atoms with Crippen molar-refractivity contribution < 1.29 is 5.11 Å². The van der Waals surface area contributed by atoms with Crippen LogP contribution in [0.3, 0.4) is 0 Å². The molecular formula is C41H85ClOSi. The molecule has 0 aliphatic rings. The molecule has 44 heavy (non-hydrogen) atoms. The first-order valence-electron chi connectivity index (χ1n) is 20.9. The van der Waals surface area contributed by atoms with Gasteiger partial charge in [0, 0.05) is 6.61 Å². The van der Waals surface area contributed by atoms with E-state index in [0.29, 0.717) is 6.61 Å². The SMILES string of the molecule is C[Si](C)(Cl)CCCCCCCCCCCCCCCCCCCCCCCCCCCCCCCCCCCCCCCO. The number of hydrogen-bond donors (Lipinski definition) is 1. The Morgan fingerprint density at radius 3 is 0.545 bits per heavy atom. The van der Waals surface area contributed by atoms with E-state index >= 15 is 0 Å². The number of unbranched alkanes of at least 4 members (excludes halogenated alkanes) is 36. The largest absolute Gasteiger partial charge is 0.396 e. The van der Waals surface area contributed by atoms with Crippen molar-refractivity contribution in [3.05, 3.63) is 0 Å². The number of rotatable bonds is 39. The summed E-state index contributed by atoms with van der Waals surface area (Å²) in [6.45, 7) is 4.92. The lowest BCUT2D eigenvalue weighted by atomic mass is 10.0. The topological polar surface area (TPSA) is 20.2 Å². The Balaban J connectivity index is 3.05. The lowest BCUT2D eigenvalue weighted by Crippen LogP contribution is -2.14. The van der Waals surface area contributed by atoms with Gasteiger partial charge in [0.1, 0.15) is 7.38 Å².